The molecule has 1 amide bonds. The van der Waals surface area contributed by atoms with E-state index in [1.807, 2.05) is 4.90 Å². The third kappa shape index (κ3) is 3.18. The van der Waals surface area contributed by atoms with E-state index in [1.165, 1.54) is 0 Å². The maximum Gasteiger partial charge on any atom is 0.260 e. The predicted octanol–water partition coefficient (Wildman–Crippen LogP) is 2.35. The number of ether oxygens (including phenoxy) is 2. The van der Waals surface area contributed by atoms with Crippen molar-refractivity contribution in [3.05, 3.63) is 29.8 Å². The van der Waals surface area contributed by atoms with Crippen LogP contribution in [-0.2, 0) is 9.53 Å². The lowest BCUT2D eigenvalue weighted by Crippen LogP contribution is -2.44. The van der Waals surface area contributed by atoms with Gasteiger partial charge >= 0.3 is 0 Å². The van der Waals surface area contributed by atoms with Crippen molar-refractivity contribution in [2.24, 2.45) is 5.41 Å². The summed E-state index contributed by atoms with van der Waals surface area (Å²) in [5.74, 6) is 0.648. The summed E-state index contributed by atoms with van der Waals surface area (Å²) in [7, 11) is 0. The maximum absolute atomic E-state index is 12.5. The molecule has 5 heteroatoms. The van der Waals surface area contributed by atoms with E-state index in [9.17, 15) is 4.79 Å². The van der Waals surface area contributed by atoms with Gasteiger partial charge < -0.3 is 14.4 Å². The second-order valence-corrected chi connectivity index (χ2v) is 6.41. The molecular formula is C18H22N2O3. The van der Waals surface area contributed by atoms with E-state index in [4.69, 9.17) is 14.7 Å². The second-order valence-electron chi connectivity index (χ2n) is 6.41. The molecule has 23 heavy (non-hydrogen) atoms. The molecule has 0 radical (unpaired) electrons. The van der Waals surface area contributed by atoms with Gasteiger partial charge in [0.15, 0.2) is 6.61 Å². The summed E-state index contributed by atoms with van der Waals surface area (Å²) >= 11 is 0. The first kappa shape index (κ1) is 15.8. The van der Waals surface area contributed by atoms with Crippen LogP contribution in [0.5, 0.6) is 5.75 Å². The van der Waals surface area contributed by atoms with Crippen LogP contribution in [0.1, 0.15) is 31.7 Å². The van der Waals surface area contributed by atoms with Gasteiger partial charge in [-0.2, -0.15) is 5.26 Å². The quantitative estimate of drug-likeness (QED) is 0.859. The average Bonchev–Trinajstić information content (AvgIpc) is 2.90. The lowest BCUT2D eigenvalue weighted by atomic mass is 9.74. The number of carbonyl (C=O) groups is 1. The first-order chi connectivity index (χ1) is 11.1. The lowest BCUT2D eigenvalue weighted by Gasteiger charge is -2.38. The molecule has 2 aliphatic rings. The second kappa shape index (κ2) is 6.59. The van der Waals surface area contributed by atoms with Crippen molar-refractivity contribution in [1.82, 2.24) is 4.90 Å². The van der Waals surface area contributed by atoms with Crippen molar-refractivity contribution in [3.8, 4) is 11.8 Å². The highest BCUT2D eigenvalue weighted by molar-refractivity contribution is 5.78. The van der Waals surface area contributed by atoms with Crippen LogP contribution in [0, 0.1) is 16.7 Å². The average molecular weight is 314 g/mol. The molecule has 1 aromatic rings. The molecule has 1 atom stereocenters. The van der Waals surface area contributed by atoms with Crippen LogP contribution < -0.4 is 4.74 Å². The first-order valence-corrected chi connectivity index (χ1v) is 8.15. The largest absolute Gasteiger partial charge is 0.484 e. The molecule has 0 aliphatic carbocycles. The molecule has 0 saturated carbocycles. The number of nitrogens with zero attached hydrogens (tertiary/aromatic N) is 2. The molecule has 5 nitrogen and oxygen atoms in total. The van der Waals surface area contributed by atoms with Crippen LogP contribution in [0.15, 0.2) is 24.3 Å². The van der Waals surface area contributed by atoms with E-state index in [1.54, 1.807) is 24.3 Å². The fourth-order valence-corrected chi connectivity index (χ4v) is 3.72. The van der Waals surface area contributed by atoms with Crippen LogP contribution in [0.2, 0.25) is 0 Å². The summed E-state index contributed by atoms with van der Waals surface area (Å²) in [6, 6.07) is 9.12. The van der Waals surface area contributed by atoms with Gasteiger partial charge in [-0.25, -0.2) is 0 Å². The van der Waals surface area contributed by atoms with E-state index < -0.39 is 0 Å². The third-order valence-corrected chi connectivity index (χ3v) is 5.36. The molecule has 0 aromatic heterocycles. The van der Waals surface area contributed by atoms with Crippen LogP contribution in [-0.4, -0.2) is 43.2 Å². The SMILES string of the molecule is CC1N(C(=O)COc2ccc(C#N)cc2)CCC12CCOCC2. The van der Waals surface area contributed by atoms with Crippen LogP contribution >= 0.6 is 0 Å². The highest BCUT2D eigenvalue weighted by atomic mass is 16.5. The van der Waals surface area contributed by atoms with Gasteiger partial charge in [0.05, 0.1) is 11.6 Å². The Bertz CT molecular complexity index is 600. The molecular weight excluding hydrogens is 292 g/mol. The minimum absolute atomic E-state index is 0.0326. The van der Waals surface area contributed by atoms with E-state index in [0.29, 0.717) is 11.3 Å². The number of rotatable bonds is 3. The Morgan fingerprint density at radius 1 is 1.35 bits per heavy atom. The lowest BCUT2D eigenvalue weighted by molar-refractivity contribution is -0.135. The molecule has 2 saturated heterocycles. The molecule has 2 fully saturated rings. The smallest absolute Gasteiger partial charge is 0.260 e. The van der Waals surface area contributed by atoms with Gasteiger partial charge in [0.1, 0.15) is 5.75 Å². The Hall–Kier alpha value is -2.06. The van der Waals surface area contributed by atoms with Crippen molar-refractivity contribution >= 4 is 5.91 Å². The fraction of sp³-hybridized carbons (Fsp3) is 0.556. The Morgan fingerprint density at radius 2 is 2.04 bits per heavy atom. The standard InChI is InChI=1S/C18H22N2O3/c1-14-18(7-10-22-11-8-18)6-9-20(14)17(21)13-23-16-4-2-15(12-19)3-5-16/h2-5,14H,6-11,13H2,1H3. The van der Waals surface area contributed by atoms with E-state index >= 15 is 0 Å². The summed E-state index contributed by atoms with van der Waals surface area (Å²) in [4.78, 5) is 14.4. The van der Waals surface area contributed by atoms with Crippen LogP contribution in [0.4, 0.5) is 0 Å². The van der Waals surface area contributed by atoms with E-state index in [0.717, 1.165) is 39.0 Å². The molecule has 1 spiro atoms. The van der Waals surface area contributed by atoms with Crippen LogP contribution in [0.25, 0.3) is 0 Å². The molecule has 1 aromatic carbocycles. The fourth-order valence-electron chi connectivity index (χ4n) is 3.72. The van der Waals surface area contributed by atoms with Gasteiger partial charge in [-0.3, -0.25) is 4.79 Å². The Morgan fingerprint density at radius 3 is 2.70 bits per heavy atom. The Kier molecular flexibility index (Phi) is 4.53. The number of hydrogen-bond donors (Lipinski definition) is 0. The van der Waals surface area contributed by atoms with Crippen molar-refractivity contribution < 1.29 is 14.3 Å². The maximum atomic E-state index is 12.5. The molecule has 0 bridgehead atoms. The Labute approximate surface area is 136 Å². The number of hydrogen-bond acceptors (Lipinski definition) is 4. The monoisotopic (exact) mass is 314 g/mol. The van der Waals surface area contributed by atoms with Gasteiger partial charge in [-0.1, -0.05) is 0 Å². The van der Waals surface area contributed by atoms with Crippen LogP contribution in [0.3, 0.4) is 0 Å². The number of benzene rings is 1. The number of likely N-dealkylation sites (tertiary alicyclic amines) is 1. The predicted molar refractivity (Wildman–Crippen MR) is 84.9 cm³/mol. The molecule has 2 aliphatic heterocycles. The number of amides is 1. The summed E-state index contributed by atoms with van der Waals surface area (Å²) in [5.41, 5.74) is 0.806. The first-order valence-electron chi connectivity index (χ1n) is 8.15. The number of nitriles is 1. The van der Waals surface area contributed by atoms with Gasteiger partial charge in [-0.05, 0) is 55.9 Å². The van der Waals surface area contributed by atoms with E-state index in [2.05, 4.69) is 13.0 Å². The van der Waals surface area contributed by atoms with Crippen molar-refractivity contribution in [3.63, 3.8) is 0 Å². The van der Waals surface area contributed by atoms with Gasteiger partial charge in [-0.15, -0.1) is 0 Å². The molecule has 0 N–H and O–H groups in total. The number of carbonyl (C=O) groups excluding carboxylic acids is 1. The van der Waals surface area contributed by atoms with Gasteiger partial charge in [0.25, 0.3) is 5.91 Å². The third-order valence-electron chi connectivity index (χ3n) is 5.36. The Balaban J connectivity index is 1.57. The van der Waals surface area contributed by atoms with E-state index in [-0.39, 0.29) is 24.0 Å². The van der Waals surface area contributed by atoms with Gasteiger partial charge in [0.2, 0.25) is 0 Å². The topological polar surface area (TPSA) is 62.6 Å². The zero-order chi connectivity index (χ0) is 16.3. The zero-order valence-corrected chi connectivity index (χ0v) is 13.5. The highest BCUT2D eigenvalue weighted by Gasteiger charge is 2.46. The minimum Gasteiger partial charge on any atom is -0.484 e. The molecule has 3 rings (SSSR count). The van der Waals surface area contributed by atoms with Crippen molar-refractivity contribution in [2.45, 2.75) is 32.2 Å². The van der Waals surface area contributed by atoms with Crippen molar-refractivity contribution in [1.29, 1.82) is 5.26 Å². The summed E-state index contributed by atoms with van der Waals surface area (Å²) in [6.45, 7) is 4.60. The van der Waals surface area contributed by atoms with Crippen molar-refractivity contribution in [2.75, 3.05) is 26.4 Å². The zero-order valence-electron chi connectivity index (χ0n) is 13.5. The molecule has 122 valence electrons. The molecule has 2 heterocycles. The summed E-state index contributed by atoms with van der Waals surface area (Å²) < 4.78 is 11.1. The normalized spacial score (nSPS) is 22.8. The van der Waals surface area contributed by atoms with Gasteiger partial charge in [0, 0.05) is 25.8 Å². The highest BCUT2D eigenvalue weighted by Crippen LogP contribution is 2.44. The minimum atomic E-state index is 0.0326. The summed E-state index contributed by atoms with van der Waals surface area (Å²) in [5, 5.41) is 8.78. The molecule has 1 unspecified atom stereocenters. The summed E-state index contributed by atoms with van der Waals surface area (Å²) in [6.07, 6.45) is 3.13.